The number of nitriles is 1. The van der Waals surface area contributed by atoms with Crippen molar-refractivity contribution < 1.29 is 19.5 Å². The van der Waals surface area contributed by atoms with E-state index >= 15 is 0 Å². The fourth-order valence-electron chi connectivity index (χ4n) is 4.27. The molecule has 1 aliphatic heterocycles. The molecule has 0 spiro atoms. The largest absolute Gasteiger partial charge is 0.493 e. The second-order valence-electron chi connectivity index (χ2n) is 7.77. The topological polar surface area (TPSA) is 94.8 Å². The number of piperidine rings is 1. The van der Waals surface area contributed by atoms with Gasteiger partial charge >= 0.3 is 0 Å². The maximum absolute atomic E-state index is 11.7. The molecule has 0 unspecified atom stereocenters. The summed E-state index contributed by atoms with van der Waals surface area (Å²) in [5.41, 5.74) is 2.02. The van der Waals surface area contributed by atoms with Crippen LogP contribution in [-0.2, 0) is 10.2 Å². The third-order valence-corrected chi connectivity index (χ3v) is 6.22. The number of amides is 1. The van der Waals surface area contributed by atoms with E-state index in [9.17, 15) is 10.1 Å². The van der Waals surface area contributed by atoms with Crippen molar-refractivity contribution >= 4 is 5.91 Å². The van der Waals surface area contributed by atoms with Crippen molar-refractivity contribution in [3.63, 3.8) is 0 Å². The summed E-state index contributed by atoms with van der Waals surface area (Å²) in [6, 6.07) is 7.88. The lowest BCUT2D eigenvalue weighted by Gasteiger charge is -2.39. The van der Waals surface area contributed by atoms with E-state index in [0.29, 0.717) is 37.4 Å². The molecule has 1 heterocycles. The fraction of sp³-hybridized carbons (Fsp3) is 0.619. The summed E-state index contributed by atoms with van der Waals surface area (Å²) in [7, 11) is 1.63. The van der Waals surface area contributed by atoms with E-state index in [1.54, 1.807) is 19.5 Å². The Hall–Kier alpha value is -2.30. The van der Waals surface area contributed by atoms with Crippen molar-refractivity contribution in [1.82, 2.24) is 10.4 Å². The highest BCUT2D eigenvalue weighted by molar-refractivity contribution is 5.80. The van der Waals surface area contributed by atoms with Crippen molar-refractivity contribution in [2.24, 2.45) is 0 Å². The van der Waals surface area contributed by atoms with Crippen LogP contribution in [0.25, 0.3) is 0 Å². The van der Waals surface area contributed by atoms with Crippen molar-refractivity contribution in [1.29, 1.82) is 5.26 Å². The Morgan fingerprint density at radius 1 is 1.32 bits per heavy atom. The van der Waals surface area contributed by atoms with Crippen molar-refractivity contribution in [2.45, 2.75) is 63.0 Å². The van der Waals surface area contributed by atoms with Crippen LogP contribution in [0.5, 0.6) is 11.5 Å². The highest BCUT2D eigenvalue weighted by atomic mass is 16.5. The van der Waals surface area contributed by atoms with Gasteiger partial charge in [0.15, 0.2) is 11.5 Å². The number of carbonyl (C=O) groups excluding carboxylic acids is 1. The van der Waals surface area contributed by atoms with Crippen LogP contribution in [0.4, 0.5) is 0 Å². The zero-order valence-corrected chi connectivity index (χ0v) is 16.6. The molecule has 2 aliphatic rings. The van der Waals surface area contributed by atoms with Gasteiger partial charge in [-0.2, -0.15) is 5.26 Å². The van der Waals surface area contributed by atoms with Gasteiger partial charge in [0.05, 0.1) is 30.7 Å². The molecule has 7 nitrogen and oxygen atoms in total. The van der Waals surface area contributed by atoms with E-state index in [1.807, 2.05) is 23.1 Å². The van der Waals surface area contributed by atoms with Crippen molar-refractivity contribution in [2.75, 3.05) is 20.2 Å². The number of benzene rings is 1. The number of hydrogen-bond donors (Lipinski definition) is 2. The number of nitrogens with zero attached hydrogens (tertiary/aromatic N) is 2. The number of likely N-dealkylation sites (tertiary alicyclic amines) is 1. The summed E-state index contributed by atoms with van der Waals surface area (Å²) in [6.07, 6.45) is 5.91. The molecule has 0 bridgehead atoms. The van der Waals surface area contributed by atoms with E-state index in [-0.39, 0.29) is 6.10 Å². The Morgan fingerprint density at radius 3 is 2.57 bits per heavy atom. The Kier molecular flexibility index (Phi) is 6.42. The van der Waals surface area contributed by atoms with Gasteiger partial charge < -0.3 is 9.47 Å². The number of hydrogen-bond acceptors (Lipinski definition) is 6. The van der Waals surface area contributed by atoms with Gasteiger partial charge in [0, 0.05) is 13.1 Å². The van der Waals surface area contributed by atoms with Gasteiger partial charge in [0.25, 0.3) is 5.91 Å². The van der Waals surface area contributed by atoms with Crippen LogP contribution in [0.3, 0.4) is 0 Å². The quantitative estimate of drug-likeness (QED) is 0.576. The lowest BCUT2D eigenvalue weighted by atomic mass is 9.73. The molecule has 0 radical (unpaired) electrons. The second kappa shape index (κ2) is 8.80. The molecule has 0 aromatic heterocycles. The molecular formula is C21H29N3O4. The predicted molar refractivity (Wildman–Crippen MR) is 103 cm³/mol. The Labute approximate surface area is 166 Å². The van der Waals surface area contributed by atoms with Crippen LogP contribution in [0, 0.1) is 11.3 Å². The molecule has 1 aliphatic carbocycles. The number of nitrogens with one attached hydrogen (secondary N) is 1. The Bertz CT molecular complexity index is 732. The number of methoxy groups -OCH3 is 1. The fourth-order valence-corrected chi connectivity index (χ4v) is 4.27. The normalized spacial score (nSPS) is 20.9. The molecule has 28 heavy (non-hydrogen) atoms. The lowest BCUT2D eigenvalue weighted by molar-refractivity contribution is -0.134. The zero-order valence-electron chi connectivity index (χ0n) is 16.6. The Morgan fingerprint density at radius 2 is 2.00 bits per heavy atom. The van der Waals surface area contributed by atoms with E-state index < -0.39 is 17.4 Å². The third-order valence-electron chi connectivity index (χ3n) is 6.22. The molecular weight excluding hydrogens is 358 g/mol. The van der Waals surface area contributed by atoms with Gasteiger partial charge in [-0.25, -0.2) is 5.48 Å². The van der Waals surface area contributed by atoms with Gasteiger partial charge in [-0.1, -0.05) is 6.07 Å². The van der Waals surface area contributed by atoms with Crippen molar-refractivity contribution in [3.05, 3.63) is 23.8 Å². The smallest absolute Gasteiger partial charge is 0.260 e. The molecule has 1 aromatic rings. The van der Waals surface area contributed by atoms with Crippen molar-refractivity contribution in [3.8, 4) is 17.6 Å². The summed E-state index contributed by atoms with van der Waals surface area (Å²) in [4.78, 5) is 13.7. The molecule has 1 aromatic carbocycles. The molecule has 7 heteroatoms. The highest BCUT2D eigenvalue weighted by Gasteiger charge is 2.39. The molecule has 1 atom stereocenters. The van der Waals surface area contributed by atoms with Crippen LogP contribution in [-0.4, -0.2) is 48.4 Å². The molecule has 1 saturated heterocycles. The summed E-state index contributed by atoms with van der Waals surface area (Å²) in [6.45, 7) is 2.96. The second-order valence-corrected chi connectivity index (χ2v) is 7.77. The van der Waals surface area contributed by atoms with E-state index in [1.165, 1.54) is 12.8 Å². The maximum atomic E-state index is 11.7. The summed E-state index contributed by atoms with van der Waals surface area (Å²) in [5, 5.41) is 18.9. The monoisotopic (exact) mass is 387 g/mol. The summed E-state index contributed by atoms with van der Waals surface area (Å²) in [5.74, 6) is 0.965. The molecule has 2 fully saturated rings. The minimum Gasteiger partial charge on any atom is -0.493 e. The standard InChI is InChI=1S/C21H29N3O4/c1-15(20(25)23-26)24-11-9-21(14-22,10-12-24)16-7-8-18(27-2)19(13-16)28-17-5-3-4-6-17/h7-8,13,15,17,26H,3-6,9-12H2,1-2H3,(H,23,25)/t15-/m0/s1. The van der Waals surface area contributed by atoms with Crippen LogP contribution < -0.4 is 15.0 Å². The number of rotatable bonds is 6. The summed E-state index contributed by atoms with van der Waals surface area (Å²) < 4.78 is 11.7. The molecule has 2 N–H and O–H groups in total. The molecule has 1 amide bonds. The maximum Gasteiger partial charge on any atom is 0.260 e. The predicted octanol–water partition coefficient (Wildman–Crippen LogP) is 2.77. The first kappa shape index (κ1) is 20.4. The van der Waals surface area contributed by atoms with Gasteiger partial charge in [-0.3, -0.25) is 14.9 Å². The SMILES string of the molecule is COc1ccc(C2(C#N)CCN([C@@H](C)C(=O)NO)CC2)cc1OC1CCCC1. The van der Waals surface area contributed by atoms with E-state index in [0.717, 1.165) is 18.4 Å². The molecule has 3 rings (SSSR count). The van der Waals surface area contributed by atoms with E-state index in [4.69, 9.17) is 14.7 Å². The number of hydroxylamine groups is 1. The first-order valence-electron chi connectivity index (χ1n) is 9.97. The van der Waals surface area contributed by atoms with Crippen LogP contribution >= 0.6 is 0 Å². The summed E-state index contributed by atoms with van der Waals surface area (Å²) >= 11 is 0. The average Bonchev–Trinajstić information content (AvgIpc) is 3.25. The molecule has 152 valence electrons. The first-order chi connectivity index (χ1) is 13.5. The van der Waals surface area contributed by atoms with Crippen LogP contribution in [0.15, 0.2) is 18.2 Å². The highest BCUT2D eigenvalue weighted by Crippen LogP contribution is 2.40. The third kappa shape index (κ3) is 4.08. The number of carbonyl (C=O) groups is 1. The average molecular weight is 387 g/mol. The number of ether oxygens (including phenoxy) is 2. The van der Waals surface area contributed by atoms with Crippen LogP contribution in [0.1, 0.15) is 51.0 Å². The minimum atomic E-state index is -0.619. The molecule has 1 saturated carbocycles. The van der Waals surface area contributed by atoms with Gasteiger partial charge in [-0.05, 0) is 63.1 Å². The Balaban J connectivity index is 1.79. The zero-order chi connectivity index (χ0) is 20.1. The lowest BCUT2D eigenvalue weighted by Crippen LogP contribution is -2.50. The van der Waals surface area contributed by atoms with Gasteiger partial charge in [0.2, 0.25) is 0 Å². The minimum absolute atomic E-state index is 0.210. The first-order valence-corrected chi connectivity index (χ1v) is 9.97. The van der Waals surface area contributed by atoms with Crippen LogP contribution in [0.2, 0.25) is 0 Å². The van der Waals surface area contributed by atoms with Gasteiger partial charge in [-0.15, -0.1) is 0 Å². The van der Waals surface area contributed by atoms with Gasteiger partial charge in [0.1, 0.15) is 0 Å². The van der Waals surface area contributed by atoms with E-state index in [2.05, 4.69) is 6.07 Å².